The predicted molar refractivity (Wildman–Crippen MR) is 221 cm³/mol. The molecule has 8 aromatic rings. The molecule has 278 valence electrons. The van der Waals surface area contributed by atoms with Gasteiger partial charge in [0.15, 0.2) is 5.82 Å². The monoisotopic (exact) mass is 738 g/mol. The Kier molecular flexibility index (Phi) is 9.98. The lowest BCUT2D eigenvalue weighted by molar-refractivity contribution is 0.413. The molecule has 0 aliphatic rings. The van der Waals surface area contributed by atoms with Gasteiger partial charge in [-0.15, -0.1) is 5.10 Å². The molecule has 0 aliphatic heterocycles. The number of fused-ring (bicyclic) bond motifs is 1. The topological polar surface area (TPSA) is 96.8 Å². The number of aromatic nitrogens is 6. The minimum Gasteiger partial charge on any atom is -0.494 e. The highest BCUT2D eigenvalue weighted by Gasteiger charge is 2.42. The molecule has 0 saturated heterocycles. The first kappa shape index (κ1) is 36.1. The summed E-state index contributed by atoms with van der Waals surface area (Å²) >= 11 is 0. The zero-order valence-electron chi connectivity index (χ0n) is 31.7. The summed E-state index contributed by atoms with van der Waals surface area (Å²) in [5.41, 5.74) is 6.55. The van der Waals surface area contributed by atoms with Crippen LogP contribution in [0.4, 0.5) is 0 Å². The maximum atomic E-state index is 14.0. The maximum absolute atomic E-state index is 14.0. The molecule has 0 unspecified atom stereocenters. The highest BCUT2D eigenvalue weighted by atomic mass is 16.5. The molecular formula is C47H42N6O3. The fourth-order valence-corrected chi connectivity index (χ4v) is 7.89. The first-order valence-corrected chi connectivity index (χ1v) is 18.9. The van der Waals surface area contributed by atoms with Crippen molar-refractivity contribution in [1.82, 2.24) is 29.3 Å². The molecule has 6 aromatic carbocycles. The Morgan fingerprint density at radius 1 is 0.661 bits per heavy atom. The average molecular weight is 739 g/mol. The van der Waals surface area contributed by atoms with E-state index < -0.39 is 5.54 Å². The van der Waals surface area contributed by atoms with Crippen LogP contribution in [0.25, 0.3) is 33.4 Å². The summed E-state index contributed by atoms with van der Waals surface area (Å²) in [5, 5.41) is 14.3. The van der Waals surface area contributed by atoms with Gasteiger partial charge in [-0.25, -0.2) is 9.48 Å². The number of aryl methyl sites for hydroxylation is 1. The van der Waals surface area contributed by atoms with Gasteiger partial charge in [-0.05, 0) is 68.8 Å². The maximum Gasteiger partial charge on any atom is 0.331 e. The van der Waals surface area contributed by atoms with E-state index in [1.54, 1.807) is 17.7 Å². The molecule has 0 atom stereocenters. The van der Waals surface area contributed by atoms with E-state index in [1.165, 1.54) is 4.57 Å². The summed E-state index contributed by atoms with van der Waals surface area (Å²) in [4.78, 5) is 27.6. The van der Waals surface area contributed by atoms with E-state index in [0.717, 1.165) is 57.3 Å². The SMILES string of the molecule is CCCCn1c(=O)c2ccc(C)c(OC)c2n(Cc2ccc(-c3ccccc3-c3nnnn3C(c3ccccc3)(c3ccccc3)c3ccccc3)cc2)c1=O. The zero-order chi connectivity index (χ0) is 38.6. The van der Waals surface area contributed by atoms with Crippen LogP contribution < -0.4 is 16.0 Å². The quantitative estimate of drug-likeness (QED) is 0.117. The van der Waals surface area contributed by atoms with Gasteiger partial charge >= 0.3 is 5.69 Å². The van der Waals surface area contributed by atoms with Crippen molar-refractivity contribution in [1.29, 1.82) is 0 Å². The fraction of sp³-hybridized carbons (Fsp3) is 0.170. The molecule has 9 nitrogen and oxygen atoms in total. The predicted octanol–water partition coefficient (Wildman–Crippen LogP) is 8.49. The smallest absolute Gasteiger partial charge is 0.331 e. The molecule has 0 radical (unpaired) electrons. The third kappa shape index (κ3) is 6.21. The molecule has 0 fully saturated rings. The van der Waals surface area contributed by atoms with Crippen LogP contribution >= 0.6 is 0 Å². The second kappa shape index (κ2) is 15.5. The minimum absolute atomic E-state index is 0.259. The van der Waals surface area contributed by atoms with Gasteiger partial charge in [0.1, 0.15) is 16.8 Å². The van der Waals surface area contributed by atoms with Gasteiger partial charge in [0, 0.05) is 12.1 Å². The number of unbranched alkanes of at least 4 members (excludes halogenated alkanes) is 1. The van der Waals surface area contributed by atoms with Crippen molar-refractivity contribution in [2.24, 2.45) is 0 Å². The summed E-state index contributed by atoms with van der Waals surface area (Å²) < 4.78 is 10.8. The second-order valence-corrected chi connectivity index (χ2v) is 14.0. The van der Waals surface area contributed by atoms with E-state index in [1.807, 2.05) is 103 Å². The largest absolute Gasteiger partial charge is 0.494 e. The second-order valence-electron chi connectivity index (χ2n) is 14.0. The van der Waals surface area contributed by atoms with Crippen molar-refractivity contribution in [2.75, 3.05) is 7.11 Å². The number of tetrazole rings is 1. The van der Waals surface area contributed by atoms with Crippen molar-refractivity contribution in [3.05, 3.63) is 200 Å². The van der Waals surface area contributed by atoms with Crippen LogP contribution in [0.3, 0.4) is 0 Å². The summed E-state index contributed by atoms with van der Waals surface area (Å²) in [7, 11) is 1.57. The molecular weight excluding hydrogens is 697 g/mol. The third-order valence-corrected chi connectivity index (χ3v) is 10.6. The van der Waals surface area contributed by atoms with Crippen molar-refractivity contribution < 1.29 is 4.74 Å². The summed E-state index contributed by atoms with van der Waals surface area (Å²) in [6.45, 7) is 4.58. The van der Waals surface area contributed by atoms with Crippen molar-refractivity contribution in [2.45, 2.75) is 45.3 Å². The Hall–Kier alpha value is -6.87. The molecule has 0 amide bonds. The van der Waals surface area contributed by atoms with Crippen LogP contribution in [-0.4, -0.2) is 36.5 Å². The lowest BCUT2D eigenvalue weighted by Crippen LogP contribution is -2.40. The first-order valence-electron chi connectivity index (χ1n) is 18.9. The molecule has 0 bridgehead atoms. The van der Waals surface area contributed by atoms with Crippen molar-refractivity contribution in [3.63, 3.8) is 0 Å². The lowest BCUT2D eigenvalue weighted by Gasteiger charge is -2.36. The van der Waals surface area contributed by atoms with E-state index in [2.05, 4.69) is 65.9 Å². The number of ether oxygens (including phenoxy) is 1. The van der Waals surface area contributed by atoms with Gasteiger partial charge in [0.25, 0.3) is 5.56 Å². The fourth-order valence-electron chi connectivity index (χ4n) is 7.89. The Bertz CT molecular complexity index is 2640. The minimum atomic E-state index is -0.900. The number of rotatable bonds is 12. The van der Waals surface area contributed by atoms with Crippen LogP contribution in [0, 0.1) is 6.92 Å². The third-order valence-electron chi connectivity index (χ3n) is 10.6. The van der Waals surface area contributed by atoms with Gasteiger partial charge in [0.2, 0.25) is 0 Å². The number of nitrogens with zero attached hydrogens (tertiary/aromatic N) is 6. The van der Waals surface area contributed by atoms with Crippen LogP contribution in [0.1, 0.15) is 47.6 Å². The van der Waals surface area contributed by atoms with Crippen LogP contribution in [-0.2, 0) is 18.6 Å². The van der Waals surface area contributed by atoms with Crippen LogP contribution in [0.5, 0.6) is 5.75 Å². The molecule has 0 saturated carbocycles. The number of hydrogen-bond acceptors (Lipinski definition) is 6. The number of benzene rings is 6. The molecule has 0 spiro atoms. The summed E-state index contributed by atoms with van der Waals surface area (Å²) in [5.74, 6) is 1.14. The van der Waals surface area contributed by atoms with Gasteiger partial charge in [-0.3, -0.25) is 13.9 Å². The Balaban J connectivity index is 1.25. The van der Waals surface area contributed by atoms with E-state index in [0.29, 0.717) is 29.0 Å². The van der Waals surface area contributed by atoms with Gasteiger partial charge < -0.3 is 4.74 Å². The molecule has 0 N–H and O–H groups in total. The van der Waals surface area contributed by atoms with Crippen LogP contribution in [0.2, 0.25) is 0 Å². The molecule has 8 rings (SSSR count). The first-order chi connectivity index (χ1) is 27.5. The number of methoxy groups -OCH3 is 1. The van der Waals surface area contributed by atoms with Gasteiger partial charge in [0.05, 0.1) is 19.0 Å². The van der Waals surface area contributed by atoms with Gasteiger partial charge in [-0.1, -0.05) is 159 Å². The number of hydrogen-bond donors (Lipinski definition) is 0. The molecule has 2 heterocycles. The Labute approximate surface area is 325 Å². The average Bonchev–Trinajstić information content (AvgIpc) is 3.74. The molecule has 0 aliphatic carbocycles. The van der Waals surface area contributed by atoms with Gasteiger partial charge in [-0.2, -0.15) is 0 Å². The van der Waals surface area contributed by atoms with Crippen molar-refractivity contribution >= 4 is 10.9 Å². The molecule has 2 aromatic heterocycles. The Morgan fingerprint density at radius 2 is 1.23 bits per heavy atom. The lowest BCUT2D eigenvalue weighted by atomic mass is 9.77. The molecule has 9 heteroatoms. The summed E-state index contributed by atoms with van der Waals surface area (Å²) in [6, 6.07) is 51.0. The van der Waals surface area contributed by atoms with E-state index in [9.17, 15) is 9.59 Å². The zero-order valence-corrected chi connectivity index (χ0v) is 31.7. The van der Waals surface area contributed by atoms with E-state index in [-0.39, 0.29) is 17.8 Å². The van der Waals surface area contributed by atoms with Crippen LogP contribution in [0.15, 0.2) is 161 Å². The highest BCUT2D eigenvalue weighted by Crippen LogP contribution is 2.43. The molecule has 56 heavy (non-hydrogen) atoms. The highest BCUT2D eigenvalue weighted by molar-refractivity contribution is 5.86. The normalized spacial score (nSPS) is 11.6. The van der Waals surface area contributed by atoms with E-state index >= 15 is 0 Å². The summed E-state index contributed by atoms with van der Waals surface area (Å²) in [6.07, 6.45) is 1.59. The van der Waals surface area contributed by atoms with E-state index in [4.69, 9.17) is 15.0 Å². The Morgan fingerprint density at radius 3 is 1.80 bits per heavy atom. The van der Waals surface area contributed by atoms with Crippen molar-refractivity contribution in [3.8, 4) is 28.3 Å². The standard InChI is InChI=1S/C47H42N6O3/c1-4-5-31-51-45(54)41-30-25-33(2)43(56-3)42(41)52(46(51)55)32-34-26-28-35(29-27-34)39-23-15-16-24-40(39)44-48-49-50-53(44)47(36-17-9-6-10-18-36,37-19-11-7-12-20-37)38-21-13-8-14-22-38/h6-30H,4-5,31-32H2,1-3H3.